The minimum atomic E-state index is -0.364. The van der Waals surface area contributed by atoms with Crippen LogP contribution < -0.4 is 10.6 Å². The van der Waals surface area contributed by atoms with Crippen molar-refractivity contribution >= 4 is 51.5 Å². The lowest BCUT2D eigenvalue weighted by molar-refractivity contribution is -0.917. The van der Waals surface area contributed by atoms with Gasteiger partial charge in [0.2, 0.25) is 0 Å². The smallest absolute Gasteiger partial charge is 0.323 e. The average Bonchev–Trinajstić information content (AvgIpc) is 3.48. The van der Waals surface area contributed by atoms with Gasteiger partial charge < -0.3 is 25.2 Å². The molecule has 1 aliphatic rings. The molecule has 4 aromatic rings. The Morgan fingerprint density at radius 1 is 1.10 bits per heavy atom. The summed E-state index contributed by atoms with van der Waals surface area (Å²) < 4.78 is 2.27. The second-order valence-corrected chi connectivity index (χ2v) is 11.4. The quantitative estimate of drug-likeness (QED) is 0.0735. The van der Waals surface area contributed by atoms with Crippen LogP contribution >= 0.6 is 11.6 Å². The molecule has 206 valence electrons. The van der Waals surface area contributed by atoms with Crippen LogP contribution in [0.2, 0.25) is 0 Å². The summed E-state index contributed by atoms with van der Waals surface area (Å²) in [5, 5.41) is 13.2. The van der Waals surface area contributed by atoms with E-state index in [1.165, 1.54) is 0 Å². The first-order valence-electron chi connectivity index (χ1n) is 13.1. The molecule has 0 fully saturated rings. The lowest BCUT2D eigenvalue weighted by Gasteiger charge is -2.29. The zero-order valence-corrected chi connectivity index (χ0v) is 23.6. The molecule has 0 saturated heterocycles. The summed E-state index contributed by atoms with van der Waals surface area (Å²) in [6.45, 7) is 1.92. The van der Waals surface area contributed by atoms with Crippen LogP contribution in [0.3, 0.4) is 0 Å². The van der Waals surface area contributed by atoms with Gasteiger partial charge in [0, 0.05) is 47.1 Å². The van der Waals surface area contributed by atoms with E-state index in [0.717, 1.165) is 45.4 Å². The number of halogens is 1. The maximum absolute atomic E-state index is 13.3. The van der Waals surface area contributed by atoms with Gasteiger partial charge in [-0.1, -0.05) is 48.5 Å². The van der Waals surface area contributed by atoms with Crippen molar-refractivity contribution in [3.8, 4) is 0 Å². The first kappa shape index (κ1) is 27.4. The molecule has 2 heterocycles. The molecule has 8 nitrogen and oxygen atoms in total. The molecule has 2 N–H and O–H groups in total. The van der Waals surface area contributed by atoms with Gasteiger partial charge in [0.1, 0.15) is 13.1 Å². The number of quaternary nitrogens is 1. The summed E-state index contributed by atoms with van der Waals surface area (Å²) in [6.07, 6.45) is 3.43. The van der Waals surface area contributed by atoms with E-state index in [2.05, 4.69) is 26.2 Å². The van der Waals surface area contributed by atoms with E-state index in [4.69, 9.17) is 17.3 Å². The van der Waals surface area contributed by atoms with Gasteiger partial charge in [-0.3, -0.25) is 4.79 Å². The molecule has 0 spiro atoms. The largest absolute Gasteiger partial charge is 0.398 e. The van der Waals surface area contributed by atoms with E-state index in [1.807, 2.05) is 54.6 Å². The predicted molar refractivity (Wildman–Crippen MR) is 161 cm³/mol. The van der Waals surface area contributed by atoms with Gasteiger partial charge in [-0.25, -0.2) is 4.57 Å². The Labute approximate surface area is 238 Å². The van der Waals surface area contributed by atoms with Crippen molar-refractivity contribution in [1.82, 2.24) is 4.57 Å². The molecule has 1 aliphatic heterocycles. The highest BCUT2D eigenvalue weighted by Crippen LogP contribution is 2.44. The highest BCUT2D eigenvalue weighted by Gasteiger charge is 2.33. The van der Waals surface area contributed by atoms with Gasteiger partial charge >= 0.3 is 5.82 Å². The molecule has 0 saturated carbocycles. The van der Waals surface area contributed by atoms with Crippen LogP contribution in [0, 0.1) is 10.1 Å². The number of aromatic nitrogens is 1. The lowest BCUT2D eigenvalue weighted by Crippen LogP contribution is -2.38. The number of rotatable bonds is 8. The molecule has 1 atom stereocenters. The summed E-state index contributed by atoms with van der Waals surface area (Å²) in [4.78, 5) is 25.9. The van der Waals surface area contributed by atoms with E-state index in [9.17, 15) is 14.9 Å². The Kier molecular flexibility index (Phi) is 7.40. The summed E-state index contributed by atoms with van der Waals surface area (Å²) in [6, 6.07) is 21.3. The van der Waals surface area contributed by atoms with E-state index in [-0.39, 0.29) is 22.6 Å². The molecule has 40 heavy (non-hydrogen) atoms. The minimum absolute atomic E-state index is 0.0435. The van der Waals surface area contributed by atoms with Crippen molar-refractivity contribution < 1.29 is 14.2 Å². The van der Waals surface area contributed by atoms with Crippen LogP contribution in [-0.4, -0.2) is 46.4 Å². The standard InChI is InChI=1S/C31H33ClN5O3/c1-34-24(13-14-29(34)36(39)40)20-37(2,3)19-22-10-8-21(9-11-22)12-15-30(38)35-18-23(17-32)31-26-7-5-4-6-25(26)27(33)16-28(31)35/h4-16,23H,17-20,33H2,1-3H3/q+1/b15-12+. The fraction of sp³-hybridized carbons (Fsp3) is 0.258. The number of nitro groups is 1. The minimum Gasteiger partial charge on any atom is -0.398 e. The number of benzene rings is 3. The zero-order chi connectivity index (χ0) is 28.6. The molecule has 5 rings (SSSR count). The van der Waals surface area contributed by atoms with Gasteiger partial charge in [0.05, 0.1) is 26.8 Å². The molecule has 0 bridgehead atoms. The Hall–Kier alpha value is -4.14. The highest BCUT2D eigenvalue weighted by atomic mass is 35.5. The van der Waals surface area contributed by atoms with E-state index >= 15 is 0 Å². The van der Waals surface area contributed by atoms with Gasteiger partial charge in [-0.05, 0) is 39.6 Å². The molecular weight excluding hydrogens is 526 g/mol. The Bertz CT molecular complexity index is 1620. The molecule has 9 heteroatoms. The maximum Gasteiger partial charge on any atom is 0.323 e. The number of carbonyl (C=O) groups is 1. The number of nitrogens with two attached hydrogens (primary N) is 1. The van der Waals surface area contributed by atoms with Crippen molar-refractivity contribution in [2.24, 2.45) is 7.05 Å². The first-order valence-corrected chi connectivity index (χ1v) is 13.7. The molecule has 1 aromatic heterocycles. The topological polar surface area (TPSA) is 94.4 Å². The van der Waals surface area contributed by atoms with Crippen LogP contribution in [0.4, 0.5) is 17.2 Å². The number of hydrogen-bond acceptors (Lipinski definition) is 4. The number of hydrogen-bond donors (Lipinski definition) is 1. The zero-order valence-electron chi connectivity index (χ0n) is 22.9. The second-order valence-electron chi connectivity index (χ2n) is 11.1. The number of alkyl halides is 1. The number of anilines is 2. The van der Waals surface area contributed by atoms with Gasteiger partial charge in [0.15, 0.2) is 5.69 Å². The lowest BCUT2D eigenvalue weighted by atomic mass is 9.95. The highest BCUT2D eigenvalue weighted by molar-refractivity contribution is 6.19. The fourth-order valence-electron chi connectivity index (χ4n) is 5.67. The van der Waals surface area contributed by atoms with Crippen LogP contribution in [-0.2, 0) is 24.9 Å². The summed E-state index contributed by atoms with van der Waals surface area (Å²) >= 11 is 6.33. The Morgan fingerprint density at radius 2 is 1.80 bits per heavy atom. The number of carbonyl (C=O) groups excluding carboxylic acids is 1. The van der Waals surface area contributed by atoms with Crippen LogP contribution in [0.5, 0.6) is 0 Å². The van der Waals surface area contributed by atoms with E-state index < -0.39 is 0 Å². The normalized spacial score (nSPS) is 15.2. The number of nitrogen functional groups attached to an aromatic ring is 1. The number of amides is 1. The number of fused-ring (bicyclic) bond motifs is 3. The first-order chi connectivity index (χ1) is 19.1. The van der Waals surface area contributed by atoms with E-state index in [1.54, 1.807) is 28.7 Å². The monoisotopic (exact) mass is 558 g/mol. The third-order valence-corrected chi connectivity index (χ3v) is 8.01. The van der Waals surface area contributed by atoms with Crippen LogP contribution in [0.1, 0.15) is 28.3 Å². The Balaban J connectivity index is 1.28. The third-order valence-electron chi connectivity index (χ3n) is 7.64. The second kappa shape index (κ2) is 10.8. The predicted octanol–water partition coefficient (Wildman–Crippen LogP) is 5.83. The van der Waals surface area contributed by atoms with Crippen LogP contribution in [0.15, 0.2) is 72.8 Å². The molecule has 0 aliphatic carbocycles. The molecule has 0 radical (unpaired) electrons. The van der Waals surface area contributed by atoms with E-state index in [0.29, 0.717) is 29.1 Å². The van der Waals surface area contributed by atoms with Crippen molar-refractivity contribution in [1.29, 1.82) is 0 Å². The number of nitrogens with zero attached hydrogens (tertiary/aromatic N) is 4. The molecule has 1 unspecified atom stereocenters. The third kappa shape index (κ3) is 5.33. The molecule has 3 aromatic carbocycles. The van der Waals surface area contributed by atoms with Crippen molar-refractivity contribution in [2.45, 2.75) is 19.0 Å². The maximum atomic E-state index is 13.3. The van der Waals surface area contributed by atoms with Crippen LogP contribution in [0.25, 0.3) is 16.8 Å². The average molecular weight is 559 g/mol. The summed E-state index contributed by atoms with van der Waals surface area (Å²) in [7, 11) is 5.93. The fourth-order valence-corrected chi connectivity index (χ4v) is 5.92. The SMILES string of the molecule is Cn1c(C[N+](C)(C)Cc2ccc(/C=C/C(=O)N3CC(CCl)c4c3cc(N)c3ccccc43)cc2)ccc1[N+](=O)[O-]. The van der Waals surface area contributed by atoms with Crippen molar-refractivity contribution in [3.63, 3.8) is 0 Å². The Morgan fingerprint density at radius 3 is 2.45 bits per heavy atom. The van der Waals surface area contributed by atoms with Gasteiger partial charge in [-0.15, -0.1) is 11.6 Å². The molecular formula is C31H33ClN5O3+. The van der Waals surface area contributed by atoms with Crippen molar-refractivity contribution in [3.05, 3.63) is 105 Å². The molecule has 1 amide bonds. The van der Waals surface area contributed by atoms with Gasteiger partial charge in [-0.2, -0.15) is 0 Å². The van der Waals surface area contributed by atoms with Crippen molar-refractivity contribution in [2.75, 3.05) is 37.2 Å². The van der Waals surface area contributed by atoms with Gasteiger partial charge in [0.25, 0.3) is 5.91 Å². The summed E-state index contributed by atoms with van der Waals surface area (Å²) in [5.41, 5.74) is 11.9. The summed E-state index contributed by atoms with van der Waals surface area (Å²) in [5.74, 6) is 0.447.